The Morgan fingerprint density at radius 2 is 2.20 bits per heavy atom. The van der Waals surface area contributed by atoms with Gasteiger partial charge in [-0.15, -0.1) is 0 Å². The Kier molecular flexibility index (Phi) is 4.82. The summed E-state index contributed by atoms with van der Waals surface area (Å²) in [5.74, 6) is 0.303. The number of ether oxygens (including phenoxy) is 1. The molecule has 0 heterocycles. The molecule has 15 heavy (non-hydrogen) atoms. The highest BCUT2D eigenvalue weighted by Gasteiger charge is 2.07. The number of halogens is 1. The van der Waals surface area contributed by atoms with Gasteiger partial charge in [0.05, 0.1) is 12.2 Å². The van der Waals surface area contributed by atoms with Gasteiger partial charge in [-0.1, -0.05) is 35.8 Å². The van der Waals surface area contributed by atoms with Gasteiger partial charge in [0.1, 0.15) is 0 Å². The topological polar surface area (TPSA) is 26.3 Å². The summed E-state index contributed by atoms with van der Waals surface area (Å²) in [4.78, 5) is 11.5. The zero-order valence-electron chi connectivity index (χ0n) is 9.00. The maximum atomic E-state index is 11.5. The summed E-state index contributed by atoms with van der Waals surface area (Å²) in [6, 6.07) is 7.22. The predicted octanol–water partition coefficient (Wildman–Crippen LogP) is 3.65. The first-order chi connectivity index (χ1) is 7.09. The van der Waals surface area contributed by atoms with Gasteiger partial charge in [0.25, 0.3) is 0 Å². The summed E-state index contributed by atoms with van der Waals surface area (Å²) in [5.41, 5.74) is 0.591. The lowest BCUT2D eigenvalue weighted by Crippen LogP contribution is -2.07. The second kappa shape index (κ2) is 5.91. The molecule has 0 fully saturated rings. The van der Waals surface area contributed by atoms with E-state index in [0.29, 0.717) is 18.1 Å². The van der Waals surface area contributed by atoms with E-state index < -0.39 is 0 Å². The summed E-state index contributed by atoms with van der Waals surface area (Å²) < 4.78 is 6.02. The average molecular weight is 271 g/mol. The summed E-state index contributed by atoms with van der Waals surface area (Å²) in [6.07, 6.45) is 0.903. The van der Waals surface area contributed by atoms with Crippen LogP contribution in [-0.4, -0.2) is 12.6 Å². The maximum absolute atomic E-state index is 11.5. The predicted molar refractivity (Wildman–Crippen MR) is 63.9 cm³/mol. The number of rotatable bonds is 4. The second-order valence-corrected chi connectivity index (χ2v) is 4.74. The van der Waals surface area contributed by atoms with Gasteiger partial charge in [0.2, 0.25) is 0 Å². The molecule has 3 heteroatoms. The third-order valence-corrected chi connectivity index (χ3v) is 2.48. The minimum Gasteiger partial charge on any atom is -0.462 e. The van der Waals surface area contributed by atoms with Crippen LogP contribution in [0.2, 0.25) is 0 Å². The largest absolute Gasteiger partial charge is 0.462 e. The Labute approximate surface area is 98.8 Å². The smallest absolute Gasteiger partial charge is 0.338 e. The molecule has 0 aromatic heterocycles. The number of hydrogen-bond donors (Lipinski definition) is 0. The number of carbonyl (C=O) groups excluding carboxylic acids is 1. The number of hydrogen-bond acceptors (Lipinski definition) is 2. The van der Waals surface area contributed by atoms with Crippen molar-refractivity contribution in [3.63, 3.8) is 0 Å². The van der Waals surface area contributed by atoms with Gasteiger partial charge in [-0.2, -0.15) is 0 Å². The van der Waals surface area contributed by atoms with Gasteiger partial charge in [-0.3, -0.25) is 0 Å². The summed E-state index contributed by atoms with van der Waals surface area (Å²) in [5, 5.41) is 0. The van der Waals surface area contributed by atoms with Gasteiger partial charge < -0.3 is 4.74 Å². The van der Waals surface area contributed by atoms with Crippen LogP contribution in [0.3, 0.4) is 0 Å². The van der Waals surface area contributed by atoms with E-state index in [2.05, 4.69) is 29.8 Å². The van der Waals surface area contributed by atoms with Crippen molar-refractivity contribution < 1.29 is 9.53 Å². The zero-order chi connectivity index (χ0) is 11.3. The zero-order valence-corrected chi connectivity index (χ0v) is 10.6. The van der Waals surface area contributed by atoms with Crippen LogP contribution >= 0.6 is 15.9 Å². The van der Waals surface area contributed by atoms with E-state index in [1.54, 1.807) is 12.1 Å². The van der Waals surface area contributed by atoms with Crippen LogP contribution < -0.4 is 0 Å². The van der Waals surface area contributed by atoms with Crippen LogP contribution in [0.15, 0.2) is 28.7 Å². The van der Waals surface area contributed by atoms with Crippen LogP contribution in [0.4, 0.5) is 0 Å². The van der Waals surface area contributed by atoms with Gasteiger partial charge in [0, 0.05) is 4.47 Å². The molecule has 0 aliphatic heterocycles. The van der Waals surface area contributed by atoms with Crippen molar-refractivity contribution in [1.82, 2.24) is 0 Å². The standard InChI is InChI=1S/C12H15BrO2/c1-9(2)6-7-15-12(14)10-4-3-5-11(13)8-10/h3-5,8-9H,6-7H2,1-2H3. The van der Waals surface area contributed by atoms with E-state index in [-0.39, 0.29) is 5.97 Å². The maximum Gasteiger partial charge on any atom is 0.338 e. The fourth-order valence-corrected chi connectivity index (χ4v) is 1.49. The molecule has 0 aliphatic carbocycles. The molecule has 0 amide bonds. The lowest BCUT2D eigenvalue weighted by molar-refractivity contribution is 0.0488. The molecule has 0 saturated heterocycles. The van der Waals surface area contributed by atoms with E-state index in [4.69, 9.17) is 4.74 Å². The van der Waals surface area contributed by atoms with Crippen molar-refractivity contribution in [1.29, 1.82) is 0 Å². The quantitative estimate of drug-likeness (QED) is 0.781. The fraction of sp³-hybridized carbons (Fsp3) is 0.417. The van der Waals surface area contributed by atoms with Crippen molar-refractivity contribution >= 4 is 21.9 Å². The first kappa shape index (κ1) is 12.2. The minimum atomic E-state index is -0.253. The Balaban J connectivity index is 2.47. The summed E-state index contributed by atoms with van der Waals surface area (Å²) in [6.45, 7) is 4.70. The van der Waals surface area contributed by atoms with Gasteiger partial charge in [-0.05, 0) is 30.5 Å². The van der Waals surface area contributed by atoms with Crippen LogP contribution in [-0.2, 0) is 4.74 Å². The van der Waals surface area contributed by atoms with Crippen molar-refractivity contribution in [2.24, 2.45) is 5.92 Å². The molecule has 2 nitrogen and oxygen atoms in total. The van der Waals surface area contributed by atoms with Crippen LogP contribution in [0.25, 0.3) is 0 Å². The van der Waals surface area contributed by atoms with Crippen LogP contribution in [0.1, 0.15) is 30.6 Å². The Morgan fingerprint density at radius 3 is 2.80 bits per heavy atom. The molecule has 0 atom stereocenters. The first-order valence-electron chi connectivity index (χ1n) is 5.02. The molecule has 1 rings (SSSR count). The van der Waals surface area contributed by atoms with E-state index >= 15 is 0 Å². The second-order valence-electron chi connectivity index (χ2n) is 3.83. The van der Waals surface area contributed by atoms with Crippen LogP contribution in [0, 0.1) is 5.92 Å². The Hall–Kier alpha value is -0.830. The van der Waals surface area contributed by atoms with Crippen molar-refractivity contribution in [2.45, 2.75) is 20.3 Å². The molecule has 0 saturated carbocycles. The third kappa shape index (κ3) is 4.47. The monoisotopic (exact) mass is 270 g/mol. The molecule has 1 aromatic rings. The molecule has 0 spiro atoms. The highest BCUT2D eigenvalue weighted by Crippen LogP contribution is 2.12. The first-order valence-corrected chi connectivity index (χ1v) is 5.81. The highest BCUT2D eigenvalue weighted by molar-refractivity contribution is 9.10. The molecule has 0 bridgehead atoms. The lowest BCUT2D eigenvalue weighted by atomic mass is 10.1. The Morgan fingerprint density at radius 1 is 1.47 bits per heavy atom. The fourth-order valence-electron chi connectivity index (χ4n) is 1.09. The molecule has 0 aliphatic rings. The Bertz CT molecular complexity index is 334. The molecule has 1 aromatic carbocycles. The van der Waals surface area contributed by atoms with Gasteiger partial charge in [0.15, 0.2) is 0 Å². The molecule has 0 N–H and O–H groups in total. The average Bonchev–Trinajstić information content (AvgIpc) is 2.17. The molecule has 0 radical (unpaired) electrons. The minimum absolute atomic E-state index is 0.253. The molecule has 0 unspecified atom stereocenters. The van der Waals surface area contributed by atoms with Crippen molar-refractivity contribution in [3.8, 4) is 0 Å². The van der Waals surface area contributed by atoms with Crippen LogP contribution in [0.5, 0.6) is 0 Å². The molecule has 82 valence electrons. The van der Waals surface area contributed by atoms with Crippen molar-refractivity contribution in [3.05, 3.63) is 34.3 Å². The van der Waals surface area contributed by atoms with Gasteiger partial charge >= 0.3 is 5.97 Å². The molecular formula is C12H15BrO2. The number of carbonyl (C=O) groups is 1. The molecular weight excluding hydrogens is 256 g/mol. The third-order valence-electron chi connectivity index (χ3n) is 1.99. The SMILES string of the molecule is CC(C)CCOC(=O)c1cccc(Br)c1. The summed E-state index contributed by atoms with van der Waals surface area (Å²) in [7, 11) is 0. The van der Waals surface area contributed by atoms with E-state index in [1.165, 1.54) is 0 Å². The van der Waals surface area contributed by atoms with E-state index in [9.17, 15) is 4.79 Å². The van der Waals surface area contributed by atoms with E-state index in [0.717, 1.165) is 10.9 Å². The van der Waals surface area contributed by atoms with Crippen molar-refractivity contribution in [2.75, 3.05) is 6.61 Å². The normalized spacial score (nSPS) is 10.4. The number of benzene rings is 1. The highest BCUT2D eigenvalue weighted by atomic mass is 79.9. The van der Waals surface area contributed by atoms with E-state index in [1.807, 2.05) is 12.1 Å². The summed E-state index contributed by atoms with van der Waals surface area (Å²) >= 11 is 3.31. The van der Waals surface area contributed by atoms with Gasteiger partial charge in [-0.25, -0.2) is 4.79 Å². The lowest BCUT2D eigenvalue weighted by Gasteiger charge is -2.06. The number of esters is 1.